The summed E-state index contributed by atoms with van der Waals surface area (Å²) >= 11 is 6.79. The maximum absolute atomic E-state index is 12.3. The molecule has 4 rings (SSSR count). The van der Waals surface area contributed by atoms with E-state index in [0.29, 0.717) is 28.7 Å². The molecule has 1 saturated carbocycles. The van der Waals surface area contributed by atoms with Gasteiger partial charge in [0.1, 0.15) is 5.15 Å². The van der Waals surface area contributed by atoms with Crippen LogP contribution in [0.2, 0.25) is 5.15 Å². The molecule has 0 spiro atoms. The number of nitrogens with one attached hydrogen (secondary N) is 2. The molecule has 0 saturated heterocycles. The molecule has 4 N–H and O–H groups in total. The molecular formula is C24H24ClIN5O2S-. The molecule has 2 aromatic heterocycles. The topological polar surface area (TPSA) is 102 Å². The van der Waals surface area contributed by atoms with E-state index in [1.807, 2.05) is 12.1 Å². The van der Waals surface area contributed by atoms with Crippen molar-refractivity contribution in [2.24, 2.45) is 0 Å². The molecular weight excluding hydrogens is 585 g/mol. The standard InChI is InChI=1S/C24H24ClIN5O2S/c25-22-13-21(20(27)14-28-22)29-24(32)30-23-12-19(31-34-23)10-9-16-5-4-6-17(11-16)15-33-26-18-7-2-1-3-8-18/h4-6,11-14,18H,1-3,7-8,15,27H2,(H2,28,29,30,32)/q-1. The number of aromatic nitrogens is 2. The van der Waals surface area contributed by atoms with Crippen molar-refractivity contribution >= 4 is 45.5 Å². The minimum absolute atomic E-state index is 0.203. The van der Waals surface area contributed by atoms with Gasteiger partial charge in [-0.25, -0.2) is 9.78 Å². The second kappa shape index (κ2) is 12.4. The van der Waals surface area contributed by atoms with Crippen molar-refractivity contribution in [3.63, 3.8) is 0 Å². The first-order chi connectivity index (χ1) is 16.5. The Kier molecular flexibility index (Phi) is 8.98. The first-order valence-electron chi connectivity index (χ1n) is 10.9. The van der Waals surface area contributed by atoms with Crippen LogP contribution >= 0.6 is 23.1 Å². The van der Waals surface area contributed by atoms with Crippen molar-refractivity contribution in [3.8, 4) is 11.8 Å². The van der Waals surface area contributed by atoms with E-state index >= 15 is 0 Å². The third-order valence-corrected chi connectivity index (χ3v) is 8.65. The number of hydrogen-bond donors (Lipinski definition) is 3. The third kappa shape index (κ3) is 7.56. The van der Waals surface area contributed by atoms with E-state index < -0.39 is 6.03 Å². The summed E-state index contributed by atoms with van der Waals surface area (Å²) in [4.78, 5) is 16.1. The molecule has 1 aliphatic carbocycles. The summed E-state index contributed by atoms with van der Waals surface area (Å²) in [5.41, 5.74) is 9.12. The molecule has 0 atom stereocenters. The van der Waals surface area contributed by atoms with E-state index in [1.54, 1.807) is 6.07 Å². The summed E-state index contributed by atoms with van der Waals surface area (Å²) in [7, 11) is 0. The summed E-state index contributed by atoms with van der Waals surface area (Å²) < 4.78 is 11.2. The van der Waals surface area contributed by atoms with Crippen molar-refractivity contribution in [3.05, 3.63) is 64.6 Å². The van der Waals surface area contributed by atoms with Crippen LogP contribution in [-0.2, 0) is 9.67 Å². The van der Waals surface area contributed by atoms with Crippen LogP contribution in [0, 0.1) is 11.8 Å². The number of rotatable bonds is 6. The number of hydrogen-bond acceptors (Lipinski definition) is 6. The number of nitrogens with zero attached hydrogens (tertiary/aromatic N) is 2. The fourth-order valence-electron chi connectivity index (χ4n) is 3.41. The van der Waals surface area contributed by atoms with E-state index in [1.165, 1.54) is 44.4 Å². The van der Waals surface area contributed by atoms with Gasteiger partial charge >= 0.3 is 159 Å². The van der Waals surface area contributed by atoms with Gasteiger partial charge in [0, 0.05) is 6.07 Å². The van der Waals surface area contributed by atoms with Crippen LogP contribution in [0.5, 0.6) is 0 Å². The number of alkyl halides is 1. The van der Waals surface area contributed by atoms with Gasteiger partial charge in [-0.15, -0.1) is 0 Å². The molecule has 1 aliphatic rings. The summed E-state index contributed by atoms with van der Waals surface area (Å²) in [5.74, 6) is 6.20. The SMILES string of the molecule is Nc1cnc(Cl)cc1NC(=O)Nc1cc(C#Cc2cccc(CO[I-]C3CCCCC3)c2)ns1. The molecule has 3 aromatic rings. The van der Waals surface area contributed by atoms with Gasteiger partial charge in [0.05, 0.1) is 17.6 Å². The molecule has 7 nitrogen and oxygen atoms in total. The average molecular weight is 609 g/mol. The van der Waals surface area contributed by atoms with Crippen LogP contribution in [0.3, 0.4) is 0 Å². The van der Waals surface area contributed by atoms with Crippen LogP contribution in [0.4, 0.5) is 21.2 Å². The zero-order valence-electron chi connectivity index (χ0n) is 18.3. The first-order valence-corrected chi connectivity index (χ1v) is 14.1. The number of nitrogens with two attached hydrogens (primary N) is 1. The van der Waals surface area contributed by atoms with Crippen molar-refractivity contribution in [2.45, 2.75) is 42.6 Å². The van der Waals surface area contributed by atoms with Gasteiger partial charge in [0.25, 0.3) is 0 Å². The zero-order valence-corrected chi connectivity index (χ0v) is 22.0. The van der Waals surface area contributed by atoms with Crippen LogP contribution < -0.4 is 38.0 Å². The molecule has 2 amide bonds. The van der Waals surface area contributed by atoms with Crippen LogP contribution in [0.1, 0.15) is 48.9 Å². The number of urea groups is 1. The van der Waals surface area contributed by atoms with Gasteiger partial charge in [-0.05, 0) is 0 Å². The van der Waals surface area contributed by atoms with Gasteiger partial charge in [-0.2, -0.15) is 0 Å². The average Bonchev–Trinajstić information content (AvgIpc) is 3.28. The summed E-state index contributed by atoms with van der Waals surface area (Å²) in [6.07, 6.45) is 8.13. The fourth-order valence-corrected chi connectivity index (χ4v) is 6.60. The second-order valence-electron chi connectivity index (χ2n) is 7.78. The van der Waals surface area contributed by atoms with Crippen LogP contribution in [0.15, 0.2) is 42.6 Å². The van der Waals surface area contributed by atoms with Gasteiger partial charge in [-0.1, -0.05) is 11.6 Å². The number of carbonyl (C=O) groups excluding carboxylic acids is 1. The Morgan fingerprint density at radius 1 is 1.21 bits per heavy atom. The Bertz CT molecular complexity index is 1200. The number of carbonyl (C=O) groups is 1. The van der Waals surface area contributed by atoms with E-state index in [2.05, 4.69) is 44.0 Å². The van der Waals surface area contributed by atoms with Crippen molar-refractivity contribution in [1.82, 2.24) is 9.36 Å². The van der Waals surface area contributed by atoms with Gasteiger partial charge in [-0.3, -0.25) is 0 Å². The van der Waals surface area contributed by atoms with Crippen LogP contribution in [-0.4, -0.2) is 19.3 Å². The third-order valence-electron chi connectivity index (χ3n) is 5.10. The van der Waals surface area contributed by atoms with Gasteiger partial charge < -0.3 is 11.1 Å². The molecule has 178 valence electrons. The Morgan fingerprint density at radius 3 is 2.91 bits per heavy atom. The molecule has 1 fully saturated rings. The van der Waals surface area contributed by atoms with E-state index in [-0.39, 0.29) is 26.8 Å². The maximum atomic E-state index is 12.3. The van der Waals surface area contributed by atoms with Crippen molar-refractivity contribution in [2.75, 3.05) is 16.4 Å². The Hall–Kier alpha value is -2.39. The fraction of sp³-hybridized carbons (Fsp3) is 0.292. The predicted molar refractivity (Wildman–Crippen MR) is 132 cm³/mol. The first kappa shape index (κ1) is 24.7. The quantitative estimate of drug-likeness (QED) is 0.173. The number of pyridine rings is 1. The van der Waals surface area contributed by atoms with E-state index in [9.17, 15) is 4.79 Å². The minimum atomic E-state index is -0.458. The summed E-state index contributed by atoms with van der Waals surface area (Å²) in [6, 6.07) is 10.8. The molecule has 34 heavy (non-hydrogen) atoms. The van der Waals surface area contributed by atoms with E-state index in [0.717, 1.165) is 26.6 Å². The molecule has 0 radical (unpaired) electrons. The number of amides is 2. The monoisotopic (exact) mass is 608 g/mol. The zero-order chi connectivity index (χ0) is 23.8. The Morgan fingerprint density at radius 2 is 2.06 bits per heavy atom. The summed E-state index contributed by atoms with van der Waals surface area (Å²) in [5, 5.41) is 6.17. The predicted octanol–water partition coefficient (Wildman–Crippen LogP) is 2.67. The normalized spacial score (nSPS) is 13.8. The van der Waals surface area contributed by atoms with Gasteiger partial charge in [0.15, 0.2) is 0 Å². The molecule has 1 aromatic carbocycles. The number of benzene rings is 1. The second-order valence-corrected chi connectivity index (χ2v) is 11.9. The van der Waals surface area contributed by atoms with Crippen molar-refractivity contribution < 1.29 is 29.5 Å². The Balaban J connectivity index is 1.29. The number of nitrogen functional groups attached to an aromatic ring is 1. The summed E-state index contributed by atoms with van der Waals surface area (Å²) in [6.45, 7) is 0.645. The van der Waals surface area contributed by atoms with Crippen LogP contribution in [0.25, 0.3) is 0 Å². The van der Waals surface area contributed by atoms with Gasteiger partial charge in [0.2, 0.25) is 0 Å². The Labute approximate surface area is 218 Å². The molecule has 10 heteroatoms. The number of anilines is 3. The molecule has 0 bridgehead atoms. The van der Waals surface area contributed by atoms with Crippen molar-refractivity contribution in [1.29, 1.82) is 0 Å². The molecule has 2 heterocycles. The molecule has 0 aliphatic heterocycles. The molecule has 0 unspecified atom stereocenters. The van der Waals surface area contributed by atoms with E-state index in [4.69, 9.17) is 20.4 Å². The number of halogens is 2.